The zero-order valence-corrected chi connectivity index (χ0v) is 18.4. The quantitative estimate of drug-likeness (QED) is 0.747. The lowest BCUT2D eigenvalue weighted by Crippen LogP contribution is -2.35. The maximum absolute atomic E-state index is 12.8. The van der Waals surface area contributed by atoms with Crippen LogP contribution < -0.4 is 5.32 Å². The lowest BCUT2D eigenvalue weighted by atomic mass is 9.89. The van der Waals surface area contributed by atoms with E-state index < -0.39 is 10.0 Å². The van der Waals surface area contributed by atoms with Gasteiger partial charge in [-0.25, -0.2) is 13.4 Å². The second-order valence-corrected chi connectivity index (χ2v) is 10.3. The average Bonchev–Trinajstić information content (AvgIpc) is 2.79. The van der Waals surface area contributed by atoms with Crippen LogP contribution in [0.3, 0.4) is 0 Å². The van der Waals surface area contributed by atoms with Gasteiger partial charge in [0.2, 0.25) is 10.0 Å². The van der Waals surface area contributed by atoms with E-state index >= 15 is 0 Å². The van der Waals surface area contributed by atoms with Gasteiger partial charge in [0.1, 0.15) is 10.7 Å². The van der Waals surface area contributed by atoms with E-state index in [9.17, 15) is 8.42 Å². The molecule has 3 heterocycles. The fourth-order valence-corrected chi connectivity index (χ4v) is 5.77. The first kappa shape index (κ1) is 21.3. The molecule has 0 spiro atoms. The molecule has 1 aromatic heterocycles. The van der Waals surface area contributed by atoms with Gasteiger partial charge in [-0.15, -0.1) is 0 Å². The van der Waals surface area contributed by atoms with Crippen LogP contribution in [-0.4, -0.2) is 43.9 Å². The number of piperidine rings is 1. The van der Waals surface area contributed by atoms with Crippen LogP contribution >= 0.6 is 0 Å². The number of rotatable bonds is 6. The van der Waals surface area contributed by atoms with Gasteiger partial charge in [0, 0.05) is 38.4 Å². The van der Waals surface area contributed by atoms with Crippen molar-refractivity contribution >= 4 is 15.8 Å². The monoisotopic (exact) mass is 429 g/mol. The third-order valence-electron chi connectivity index (χ3n) is 6.09. The number of hydrogen-bond donors (Lipinski definition) is 1. The molecule has 7 heteroatoms. The summed E-state index contributed by atoms with van der Waals surface area (Å²) in [5.74, 6) is 1.04. The van der Waals surface area contributed by atoms with Crippen LogP contribution in [0, 0.1) is 12.8 Å². The lowest BCUT2D eigenvalue weighted by Gasteiger charge is -2.32. The van der Waals surface area contributed by atoms with E-state index in [-0.39, 0.29) is 11.0 Å². The van der Waals surface area contributed by atoms with Gasteiger partial charge in [-0.05, 0) is 50.3 Å². The van der Waals surface area contributed by atoms with Crippen LogP contribution in [0.15, 0.2) is 47.5 Å². The van der Waals surface area contributed by atoms with Gasteiger partial charge >= 0.3 is 0 Å². The van der Waals surface area contributed by atoms with Crippen LogP contribution in [0.1, 0.15) is 49.3 Å². The van der Waals surface area contributed by atoms with Crippen molar-refractivity contribution in [1.82, 2.24) is 9.29 Å². The highest BCUT2D eigenvalue weighted by atomic mass is 32.2. The summed E-state index contributed by atoms with van der Waals surface area (Å²) in [5.41, 5.74) is 2.45. The van der Waals surface area contributed by atoms with Gasteiger partial charge in [0.15, 0.2) is 0 Å². The Labute approximate surface area is 179 Å². The molecule has 4 rings (SSSR count). The molecule has 2 aromatic rings. The number of ether oxygens (including phenoxy) is 1. The molecule has 0 bridgehead atoms. The van der Waals surface area contributed by atoms with Crippen LogP contribution in [-0.2, 0) is 14.8 Å². The van der Waals surface area contributed by atoms with E-state index in [1.165, 1.54) is 17.3 Å². The smallest absolute Gasteiger partial charge is 0.244 e. The summed E-state index contributed by atoms with van der Waals surface area (Å²) in [6, 6.07) is 12.0. The maximum atomic E-state index is 12.8. The lowest BCUT2D eigenvalue weighted by molar-refractivity contribution is -0.0238. The minimum absolute atomic E-state index is 0.0746. The number of sulfonamides is 1. The molecule has 0 saturated carbocycles. The first-order chi connectivity index (χ1) is 14.5. The molecule has 2 atom stereocenters. The predicted molar refractivity (Wildman–Crippen MR) is 118 cm³/mol. The van der Waals surface area contributed by atoms with Crippen LogP contribution in [0.2, 0.25) is 0 Å². The molecule has 30 heavy (non-hydrogen) atoms. The Hall–Kier alpha value is -1.96. The van der Waals surface area contributed by atoms with Crippen molar-refractivity contribution in [3.8, 4) is 0 Å². The van der Waals surface area contributed by atoms with Gasteiger partial charge in [-0.1, -0.05) is 36.2 Å². The number of nitrogens with one attached hydrogen (secondary N) is 1. The largest absolute Gasteiger partial charge is 0.373 e. The summed E-state index contributed by atoms with van der Waals surface area (Å²) in [6.07, 6.45) is 6.64. The molecule has 2 saturated heterocycles. The van der Waals surface area contributed by atoms with Crippen molar-refractivity contribution in [1.29, 1.82) is 0 Å². The van der Waals surface area contributed by atoms with E-state index in [4.69, 9.17) is 4.74 Å². The highest BCUT2D eigenvalue weighted by Crippen LogP contribution is 2.34. The van der Waals surface area contributed by atoms with Crippen LogP contribution in [0.5, 0.6) is 0 Å². The third-order valence-corrected chi connectivity index (χ3v) is 7.97. The van der Waals surface area contributed by atoms with Gasteiger partial charge in [-0.2, -0.15) is 4.31 Å². The SMILES string of the molecule is Cc1ccc(C2OCCCC2CNc2ccc(S(=O)(=O)N3CCCCC3)cn2)cc1. The summed E-state index contributed by atoms with van der Waals surface area (Å²) in [6.45, 7) is 4.82. The minimum atomic E-state index is -3.44. The predicted octanol–water partition coefficient (Wildman–Crippen LogP) is 4.14. The fraction of sp³-hybridized carbons (Fsp3) is 0.522. The second-order valence-electron chi connectivity index (χ2n) is 8.33. The summed E-state index contributed by atoms with van der Waals surface area (Å²) < 4.78 is 33.2. The number of aryl methyl sites for hydroxylation is 1. The van der Waals surface area contributed by atoms with Gasteiger partial charge in [0.25, 0.3) is 0 Å². The fourth-order valence-electron chi connectivity index (χ4n) is 4.30. The van der Waals surface area contributed by atoms with Gasteiger partial charge in [0.05, 0.1) is 6.10 Å². The van der Waals surface area contributed by atoms with E-state index in [1.54, 1.807) is 16.4 Å². The molecule has 162 valence electrons. The molecular weight excluding hydrogens is 398 g/mol. The first-order valence-corrected chi connectivity index (χ1v) is 12.4. The molecular formula is C23H31N3O3S. The molecule has 0 amide bonds. The third kappa shape index (κ3) is 4.85. The topological polar surface area (TPSA) is 71.5 Å². The molecule has 0 radical (unpaired) electrons. The molecule has 2 fully saturated rings. The molecule has 0 aliphatic carbocycles. The van der Waals surface area contributed by atoms with Crippen molar-refractivity contribution in [2.24, 2.45) is 5.92 Å². The Morgan fingerprint density at radius 1 is 1.07 bits per heavy atom. The van der Waals surface area contributed by atoms with Crippen molar-refractivity contribution < 1.29 is 13.2 Å². The summed E-state index contributed by atoms with van der Waals surface area (Å²) in [5, 5.41) is 3.38. The summed E-state index contributed by atoms with van der Waals surface area (Å²) in [4.78, 5) is 4.65. The Morgan fingerprint density at radius 3 is 2.53 bits per heavy atom. The zero-order valence-electron chi connectivity index (χ0n) is 17.6. The average molecular weight is 430 g/mol. The highest BCUT2D eigenvalue weighted by Gasteiger charge is 2.28. The number of anilines is 1. The summed E-state index contributed by atoms with van der Waals surface area (Å²) in [7, 11) is -3.44. The Morgan fingerprint density at radius 2 is 1.83 bits per heavy atom. The standard InChI is InChI=1S/C23H31N3O3S/c1-18-7-9-19(10-8-18)23-20(6-5-15-29-23)16-24-22-12-11-21(17-25-22)30(27,28)26-13-3-2-4-14-26/h7-12,17,20,23H,2-6,13-16H2,1H3,(H,24,25). The first-order valence-electron chi connectivity index (χ1n) is 10.9. The Bertz CT molecular complexity index is 923. The Balaban J connectivity index is 1.40. The van der Waals surface area contributed by atoms with Crippen LogP contribution in [0.25, 0.3) is 0 Å². The number of nitrogens with zero attached hydrogens (tertiary/aromatic N) is 2. The van der Waals surface area contributed by atoms with Crippen molar-refractivity contribution in [3.63, 3.8) is 0 Å². The number of benzene rings is 1. The molecule has 1 N–H and O–H groups in total. The zero-order chi connectivity index (χ0) is 21.0. The van der Waals surface area contributed by atoms with Crippen molar-refractivity contribution in [2.75, 3.05) is 31.6 Å². The highest BCUT2D eigenvalue weighted by molar-refractivity contribution is 7.89. The maximum Gasteiger partial charge on any atom is 0.244 e. The second kappa shape index (κ2) is 9.45. The number of pyridine rings is 1. The van der Waals surface area contributed by atoms with E-state index in [1.807, 2.05) is 0 Å². The molecule has 2 aliphatic heterocycles. The normalized spacial score (nSPS) is 23.2. The van der Waals surface area contributed by atoms with Crippen molar-refractivity contribution in [3.05, 3.63) is 53.7 Å². The molecule has 2 aliphatic rings. The molecule has 6 nitrogen and oxygen atoms in total. The summed E-state index contributed by atoms with van der Waals surface area (Å²) >= 11 is 0. The number of aromatic nitrogens is 1. The van der Waals surface area contributed by atoms with Gasteiger partial charge < -0.3 is 10.1 Å². The molecule has 2 unspecified atom stereocenters. The Kier molecular flexibility index (Phi) is 6.71. The molecule has 1 aromatic carbocycles. The minimum Gasteiger partial charge on any atom is -0.373 e. The van der Waals surface area contributed by atoms with E-state index in [0.29, 0.717) is 24.8 Å². The van der Waals surface area contributed by atoms with Crippen LogP contribution in [0.4, 0.5) is 5.82 Å². The van der Waals surface area contributed by atoms with E-state index in [2.05, 4.69) is 41.5 Å². The van der Waals surface area contributed by atoms with Gasteiger partial charge in [-0.3, -0.25) is 0 Å². The number of hydrogen-bond acceptors (Lipinski definition) is 5. The van der Waals surface area contributed by atoms with Crippen molar-refractivity contribution in [2.45, 2.75) is 50.0 Å². The van der Waals surface area contributed by atoms with E-state index in [0.717, 1.165) is 45.3 Å².